The van der Waals surface area contributed by atoms with E-state index >= 15 is 0 Å². The molecule has 1 fully saturated rings. The minimum atomic E-state index is -0.191. The lowest BCUT2D eigenvalue weighted by molar-refractivity contribution is 0.0590. The van der Waals surface area contributed by atoms with E-state index in [9.17, 15) is 5.11 Å². The van der Waals surface area contributed by atoms with E-state index in [1.165, 1.54) is 32.2 Å². The number of hydrogen-bond acceptors (Lipinski definition) is 4. The van der Waals surface area contributed by atoms with Gasteiger partial charge in [-0.3, -0.25) is 0 Å². The Bertz CT molecular complexity index is 212. The van der Waals surface area contributed by atoms with Gasteiger partial charge in [0.25, 0.3) is 0 Å². The van der Waals surface area contributed by atoms with E-state index in [2.05, 4.69) is 4.90 Å². The van der Waals surface area contributed by atoms with Crippen LogP contribution in [0, 0.1) is 0 Å². The highest BCUT2D eigenvalue weighted by atomic mass is 16.5. The topological polar surface area (TPSA) is 41.9 Å². The molecule has 0 aromatic rings. The van der Waals surface area contributed by atoms with Crippen molar-refractivity contribution < 1.29 is 14.6 Å². The van der Waals surface area contributed by atoms with Crippen molar-refractivity contribution in [2.24, 2.45) is 0 Å². The second-order valence-corrected chi connectivity index (χ2v) is 5.58. The van der Waals surface area contributed by atoms with Crippen LogP contribution in [0.4, 0.5) is 0 Å². The molecule has 1 saturated heterocycles. The van der Waals surface area contributed by atoms with Gasteiger partial charge < -0.3 is 19.5 Å². The molecule has 4 heteroatoms. The van der Waals surface area contributed by atoms with Gasteiger partial charge in [-0.15, -0.1) is 0 Å². The van der Waals surface area contributed by atoms with Crippen LogP contribution in [0.5, 0.6) is 0 Å². The summed E-state index contributed by atoms with van der Waals surface area (Å²) >= 11 is 0. The summed E-state index contributed by atoms with van der Waals surface area (Å²) in [5, 5.41) is 9.62. The van der Waals surface area contributed by atoms with Gasteiger partial charge in [-0.05, 0) is 39.2 Å². The number of aliphatic hydroxyl groups excluding tert-OH is 1. The van der Waals surface area contributed by atoms with E-state index in [1.54, 1.807) is 7.11 Å². The molecule has 114 valence electrons. The molecule has 0 radical (unpaired) electrons. The Morgan fingerprint density at radius 3 is 2.79 bits per heavy atom. The van der Waals surface area contributed by atoms with Crippen LogP contribution in [0.25, 0.3) is 0 Å². The van der Waals surface area contributed by atoms with Gasteiger partial charge >= 0.3 is 0 Å². The van der Waals surface area contributed by atoms with Crippen LogP contribution in [0.1, 0.15) is 45.4 Å². The normalized spacial score (nSPS) is 23.2. The van der Waals surface area contributed by atoms with Crippen molar-refractivity contribution in [1.82, 2.24) is 4.90 Å². The number of aliphatic hydroxyl groups is 1. The first-order chi connectivity index (χ1) is 9.24. The van der Waals surface area contributed by atoms with Crippen molar-refractivity contribution in [1.29, 1.82) is 0 Å². The molecule has 1 aliphatic heterocycles. The molecule has 19 heavy (non-hydrogen) atoms. The fourth-order valence-corrected chi connectivity index (χ4v) is 2.81. The minimum Gasteiger partial charge on any atom is -0.393 e. The maximum atomic E-state index is 9.62. The van der Waals surface area contributed by atoms with Crippen molar-refractivity contribution in [3.8, 4) is 0 Å². The third-order valence-electron chi connectivity index (χ3n) is 3.78. The fourth-order valence-electron chi connectivity index (χ4n) is 2.81. The molecule has 1 rings (SSSR count). The molecular formula is C15H31NO3. The summed E-state index contributed by atoms with van der Waals surface area (Å²) in [5.41, 5.74) is 0. The molecule has 0 saturated carbocycles. The Morgan fingerprint density at radius 2 is 2.05 bits per heavy atom. The zero-order valence-corrected chi connectivity index (χ0v) is 12.6. The summed E-state index contributed by atoms with van der Waals surface area (Å²) in [7, 11) is 1.70. The summed E-state index contributed by atoms with van der Waals surface area (Å²) in [6, 6.07) is 0.557. The number of methoxy groups -OCH3 is 1. The molecule has 1 heterocycles. The third kappa shape index (κ3) is 7.88. The van der Waals surface area contributed by atoms with Crippen molar-refractivity contribution in [2.75, 3.05) is 40.0 Å². The highest BCUT2D eigenvalue weighted by molar-refractivity contribution is 4.77. The van der Waals surface area contributed by atoms with Crippen LogP contribution in [0.15, 0.2) is 0 Å². The minimum absolute atomic E-state index is 0.191. The van der Waals surface area contributed by atoms with Gasteiger partial charge in [-0.25, -0.2) is 0 Å². The van der Waals surface area contributed by atoms with Crippen LogP contribution in [0.3, 0.4) is 0 Å². The maximum absolute atomic E-state index is 9.62. The molecule has 4 nitrogen and oxygen atoms in total. The van der Waals surface area contributed by atoms with Gasteiger partial charge in [0.15, 0.2) is 0 Å². The highest BCUT2D eigenvalue weighted by Gasteiger charge is 2.21. The SMILES string of the molecule is COCCOCCCN1CCCCCC1CC(C)O. The average molecular weight is 273 g/mol. The molecule has 1 N–H and O–H groups in total. The Hall–Kier alpha value is -0.160. The van der Waals surface area contributed by atoms with Gasteiger partial charge in [-0.2, -0.15) is 0 Å². The van der Waals surface area contributed by atoms with Gasteiger partial charge in [0.05, 0.1) is 19.3 Å². The van der Waals surface area contributed by atoms with Crippen LogP contribution in [0.2, 0.25) is 0 Å². The Kier molecular flexibility index (Phi) is 9.43. The summed E-state index contributed by atoms with van der Waals surface area (Å²) in [6.45, 7) is 6.33. The van der Waals surface area contributed by atoms with Crippen molar-refractivity contribution in [3.05, 3.63) is 0 Å². The van der Waals surface area contributed by atoms with Crippen molar-refractivity contribution >= 4 is 0 Å². The van der Waals surface area contributed by atoms with Gasteiger partial charge in [0.1, 0.15) is 0 Å². The van der Waals surface area contributed by atoms with Gasteiger partial charge in [0, 0.05) is 26.3 Å². The lowest BCUT2D eigenvalue weighted by Crippen LogP contribution is -2.38. The largest absolute Gasteiger partial charge is 0.393 e. The molecule has 1 aliphatic rings. The van der Waals surface area contributed by atoms with E-state index in [1.807, 2.05) is 6.92 Å². The van der Waals surface area contributed by atoms with Crippen LogP contribution in [-0.4, -0.2) is 62.2 Å². The summed E-state index contributed by atoms with van der Waals surface area (Å²) in [4.78, 5) is 2.55. The molecule has 2 unspecified atom stereocenters. The molecule has 0 spiro atoms. The molecule has 0 bridgehead atoms. The molecule has 0 aromatic carbocycles. The van der Waals surface area contributed by atoms with Crippen LogP contribution in [-0.2, 0) is 9.47 Å². The van der Waals surface area contributed by atoms with Crippen LogP contribution < -0.4 is 0 Å². The Balaban J connectivity index is 2.22. The second-order valence-electron chi connectivity index (χ2n) is 5.58. The second kappa shape index (κ2) is 10.6. The number of rotatable bonds is 9. The van der Waals surface area contributed by atoms with Gasteiger partial charge in [0.2, 0.25) is 0 Å². The first kappa shape index (κ1) is 16.9. The predicted octanol–water partition coefficient (Wildman–Crippen LogP) is 2.06. The van der Waals surface area contributed by atoms with Gasteiger partial charge in [-0.1, -0.05) is 12.8 Å². The summed E-state index contributed by atoms with van der Waals surface area (Å²) in [5.74, 6) is 0. The molecule has 0 amide bonds. The smallest absolute Gasteiger partial charge is 0.0700 e. The Labute approximate surface area is 118 Å². The van der Waals surface area contributed by atoms with Crippen LogP contribution >= 0.6 is 0 Å². The average Bonchev–Trinajstić information content (AvgIpc) is 2.59. The Morgan fingerprint density at radius 1 is 1.21 bits per heavy atom. The lowest BCUT2D eigenvalue weighted by atomic mass is 10.0. The lowest BCUT2D eigenvalue weighted by Gasteiger charge is -2.30. The summed E-state index contributed by atoms with van der Waals surface area (Å²) in [6.07, 6.45) is 6.94. The molecule has 0 aromatic heterocycles. The van der Waals surface area contributed by atoms with E-state index < -0.39 is 0 Å². The molecular weight excluding hydrogens is 242 g/mol. The standard InChI is InChI=1S/C15H31NO3/c1-14(17)13-15-7-4-3-5-8-16(15)9-6-10-19-12-11-18-2/h14-15,17H,3-13H2,1-2H3. The molecule has 0 aliphatic carbocycles. The summed E-state index contributed by atoms with van der Waals surface area (Å²) < 4.78 is 10.5. The first-order valence-electron chi connectivity index (χ1n) is 7.73. The fraction of sp³-hybridized carbons (Fsp3) is 1.00. The van der Waals surface area contributed by atoms with E-state index in [4.69, 9.17) is 9.47 Å². The van der Waals surface area contributed by atoms with Crippen molar-refractivity contribution in [2.45, 2.75) is 57.6 Å². The molecule has 2 atom stereocenters. The maximum Gasteiger partial charge on any atom is 0.0700 e. The zero-order chi connectivity index (χ0) is 13.9. The third-order valence-corrected chi connectivity index (χ3v) is 3.78. The number of ether oxygens (including phenoxy) is 2. The predicted molar refractivity (Wildman–Crippen MR) is 77.4 cm³/mol. The monoisotopic (exact) mass is 273 g/mol. The van der Waals surface area contributed by atoms with E-state index in [0.717, 1.165) is 26.0 Å². The highest BCUT2D eigenvalue weighted by Crippen LogP contribution is 2.20. The number of likely N-dealkylation sites (tertiary alicyclic amines) is 1. The van der Waals surface area contributed by atoms with Crippen molar-refractivity contribution in [3.63, 3.8) is 0 Å². The first-order valence-corrected chi connectivity index (χ1v) is 7.73. The number of nitrogens with zero attached hydrogens (tertiary/aromatic N) is 1. The quantitative estimate of drug-likeness (QED) is 0.653. The number of hydrogen-bond donors (Lipinski definition) is 1. The van der Waals surface area contributed by atoms with E-state index in [0.29, 0.717) is 19.3 Å². The van der Waals surface area contributed by atoms with E-state index in [-0.39, 0.29) is 6.10 Å². The zero-order valence-electron chi connectivity index (χ0n) is 12.6.